The van der Waals surface area contributed by atoms with Gasteiger partial charge in [-0.2, -0.15) is 0 Å². The molecule has 1 aromatic heterocycles. The smallest absolute Gasteiger partial charge is 0.143 e. The van der Waals surface area contributed by atoms with Gasteiger partial charge in [-0.1, -0.05) is 182 Å². The van der Waals surface area contributed by atoms with Gasteiger partial charge in [-0.3, -0.25) is 0 Å². The molecule has 9 aromatic carbocycles. The number of anilines is 3. The standard InChI is InChI=1S/C52H35NO/c1-3-16-36(17-4-1)37-30-32-40(33-31-37)42-22-10-13-27-48(42)53(47-26-12-9-21-41(47)38-18-5-2-6-19-38)49-28-14-11-24-44(49)45-25-15-29-50-51(45)46-35-34-39-20-7-8-23-43(39)52(46)54-50/h1-35H. The van der Waals surface area contributed by atoms with E-state index in [4.69, 9.17) is 4.42 Å². The first-order valence-corrected chi connectivity index (χ1v) is 18.4. The van der Waals surface area contributed by atoms with Crippen molar-refractivity contribution >= 4 is 49.8 Å². The Bertz CT molecular complexity index is 2920. The number of furan rings is 1. The van der Waals surface area contributed by atoms with Gasteiger partial charge in [0.15, 0.2) is 0 Å². The number of fused-ring (bicyclic) bond motifs is 5. The second-order valence-electron chi connectivity index (χ2n) is 13.6. The Morgan fingerprint density at radius 3 is 1.46 bits per heavy atom. The van der Waals surface area contributed by atoms with Crippen molar-refractivity contribution < 1.29 is 4.42 Å². The van der Waals surface area contributed by atoms with Crippen LogP contribution in [0.1, 0.15) is 0 Å². The number of hydrogen-bond acceptors (Lipinski definition) is 2. The van der Waals surface area contributed by atoms with Crippen LogP contribution in [-0.4, -0.2) is 0 Å². The molecule has 0 amide bonds. The summed E-state index contributed by atoms with van der Waals surface area (Å²) in [5, 5.41) is 4.52. The second-order valence-corrected chi connectivity index (χ2v) is 13.6. The van der Waals surface area contributed by atoms with Crippen LogP contribution in [0.15, 0.2) is 217 Å². The van der Waals surface area contributed by atoms with Gasteiger partial charge < -0.3 is 9.32 Å². The lowest BCUT2D eigenvalue weighted by atomic mass is 9.94. The van der Waals surface area contributed by atoms with Crippen molar-refractivity contribution in [1.29, 1.82) is 0 Å². The molecule has 0 bridgehead atoms. The van der Waals surface area contributed by atoms with E-state index in [1.807, 2.05) is 0 Å². The first kappa shape index (κ1) is 31.6. The Morgan fingerprint density at radius 1 is 0.296 bits per heavy atom. The van der Waals surface area contributed by atoms with Gasteiger partial charge in [-0.15, -0.1) is 0 Å². The van der Waals surface area contributed by atoms with Gasteiger partial charge in [-0.05, 0) is 63.5 Å². The van der Waals surface area contributed by atoms with Crippen molar-refractivity contribution in [2.75, 3.05) is 4.90 Å². The second kappa shape index (κ2) is 13.4. The monoisotopic (exact) mass is 689 g/mol. The fraction of sp³-hybridized carbons (Fsp3) is 0. The third kappa shape index (κ3) is 5.44. The van der Waals surface area contributed by atoms with Crippen LogP contribution >= 0.6 is 0 Å². The van der Waals surface area contributed by atoms with Crippen molar-refractivity contribution in [1.82, 2.24) is 0 Å². The SMILES string of the molecule is c1ccc(-c2ccc(-c3ccccc3N(c3ccccc3-c3ccccc3)c3ccccc3-c3cccc4oc5c6ccccc6ccc5c34)cc2)cc1. The fourth-order valence-electron chi connectivity index (χ4n) is 7.98. The average molecular weight is 690 g/mol. The highest BCUT2D eigenvalue weighted by atomic mass is 16.3. The molecule has 1 heterocycles. The van der Waals surface area contributed by atoms with E-state index in [0.717, 1.165) is 77.8 Å². The lowest BCUT2D eigenvalue weighted by Crippen LogP contribution is -2.13. The van der Waals surface area contributed by atoms with Crippen molar-refractivity contribution in [2.24, 2.45) is 0 Å². The van der Waals surface area contributed by atoms with E-state index in [-0.39, 0.29) is 0 Å². The first-order valence-electron chi connectivity index (χ1n) is 18.4. The van der Waals surface area contributed by atoms with Crippen LogP contribution in [0.2, 0.25) is 0 Å². The fourth-order valence-corrected chi connectivity index (χ4v) is 7.98. The van der Waals surface area contributed by atoms with Gasteiger partial charge in [0.25, 0.3) is 0 Å². The third-order valence-electron chi connectivity index (χ3n) is 10.5. The summed E-state index contributed by atoms with van der Waals surface area (Å²) < 4.78 is 6.68. The number of benzene rings is 9. The molecule has 2 nitrogen and oxygen atoms in total. The maximum Gasteiger partial charge on any atom is 0.143 e. The molecule has 54 heavy (non-hydrogen) atoms. The van der Waals surface area contributed by atoms with Crippen LogP contribution in [0.4, 0.5) is 17.1 Å². The lowest BCUT2D eigenvalue weighted by molar-refractivity contribution is 0.673. The summed E-state index contributed by atoms with van der Waals surface area (Å²) in [4.78, 5) is 2.45. The van der Waals surface area contributed by atoms with E-state index in [2.05, 4.69) is 217 Å². The Morgan fingerprint density at radius 2 is 0.778 bits per heavy atom. The summed E-state index contributed by atoms with van der Waals surface area (Å²) >= 11 is 0. The molecule has 0 radical (unpaired) electrons. The molecule has 0 saturated carbocycles. The van der Waals surface area contributed by atoms with E-state index >= 15 is 0 Å². The maximum absolute atomic E-state index is 6.68. The molecular formula is C52H35NO. The summed E-state index contributed by atoms with van der Waals surface area (Å²) in [5.74, 6) is 0. The number of nitrogens with zero attached hydrogens (tertiary/aromatic N) is 1. The van der Waals surface area contributed by atoms with Gasteiger partial charge in [0.1, 0.15) is 11.2 Å². The number of para-hydroxylation sites is 3. The zero-order valence-electron chi connectivity index (χ0n) is 29.6. The van der Waals surface area contributed by atoms with Gasteiger partial charge in [-0.25, -0.2) is 0 Å². The van der Waals surface area contributed by atoms with Crippen LogP contribution < -0.4 is 4.90 Å². The van der Waals surface area contributed by atoms with E-state index < -0.39 is 0 Å². The Hall–Kier alpha value is -7.16. The Balaban J connectivity index is 1.22. The summed E-state index contributed by atoms with van der Waals surface area (Å²) in [6, 6.07) is 75.8. The number of hydrogen-bond donors (Lipinski definition) is 0. The molecular weight excluding hydrogens is 655 g/mol. The molecule has 0 atom stereocenters. The lowest BCUT2D eigenvalue weighted by Gasteiger charge is -2.31. The minimum atomic E-state index is 0.879. The van der Waals surface area contributed by atoms with Crippen molar-refractivity contribution in [3.05, 3.63) is 212 Å². The number of rotatable bonds is 7. The molecule has 0 N–H and O–H groups in total. The van der Waals surface area contributed by atoms with E-state index in [1.54, 1.807) is 0 Å². The first-order chi connectivity index (χ1) is 26.8. The molecule has 254 valence electrons. The minimum Gasteiger partial charge on any atom is -0.455 e. The van der Waals surface area contributed by atoms with Crippen LogP contribution in [0.5, 0.6) is 0 Å². The van der Waals surface area contributed by atoms with E-state index in [0.29, 0.717) is 0 Å². The summed E-state index contributed by atoms with van der Waals surface area (Å²) in [5.41, 5.74) is 14.3. The predicted molar refractivity (Wildman–Crippen MR) is 228 cm³/mol. The normalized spacial score (nSPS) is 11.3. The molecule has 0 unspecified atom stereocenters. The highest BCUT2D eigenvalue weighted by Crippen LogP contribution is 2.49. The van der Waals surface area contributed by atoms with Gasteiger partial charge in [0.05, 0.1) is 17.1 Å². The molecule has 0 aliphatic carbocycles. The van der Waals surface area contributed by atoms with E-state index in [1.165, 1.54) is 16.5 Å². The van der Waals surface area contributed by atoms with Crippen LogP contribution in [-0.2, 0) is 0 Å². The molecule has 0 saturated heterocycles. The van der Waals surface area contributed by atoms with Crippen LogP contribution in [0.3, 0.4) is 0 Å². The summed E-state index contributed by atoms with van der Waals surface area (Å²) in [6.07, 6.45) is 0. The molecule has 10 rings (SSSR count). The molecule has 0 aliphatic heterocycles. The molecule has 0 fully saturated rings. The summed E-state index contributed by atoms with van der Waals surface area (Å²) in [6.45, 7) is 0. The molecule has 2 heteroatoms. The summed E-state index contributed by atoms with van der Waals surface area (Å²) in [7, 11) is 0. The maximum atomic E-state index is 6.68. The molecule has 0 aliphatic rings. The van der Waals surface area contributed by atoms with Crippen molar-refractivity contribution in [2.45, 2.75) is 0 Å². The highest BCUT2D eigenvalue weighted by Gasteiger charge is 2.24. The quantitative estimate of drug-likeness (QED) is 0.166. The van der Waals surface area contributed by atoms with Gasteiger partial charge >= 0.3 is 0 Å². The third-order valence-corrected chi connectivity index (χ3v) is 10.5. The van der Waals surface area contributed by atoms with Gasteiger partial charge in [0.2, 0.25) is 0 Å². The van der Waals surface area contributed by atoms with Gasteiger partial charge in [0, 0.05) is 32.8 Å². The van der Waals surface area contributed by atoms with Crippen molar-refractivity contribution in [3.8, 4) is 44.5 Å². The van der Waals surface area contributed by atoms with Crippen LogP contribution in [0.25, 0.3) is 77.2 Å². The van der Waals surface area contributed by atoms with E-state index in [9.17, 15) is 0 Å². The molecule has 0 spiro atoms. The zero-order chi connectivity index (χ0) is 35.8. The predicted octanol–water partition coefficient (Wildman–Crippen LogP) is 14.9. The average Bonchev–Trinajstić information content (AvgIpc) is 3.65. The minimum absolute atomic E-state index is 0.879. The topological polar surface area (TPSA) is 16.4 Å². The Labute approximate surface area is 314 Å². The highest BCUT2D eigenvalue weighted by molar-refractivity contribution is 6.20. The van der Waals surface area contributed by atoms with Crippen molar-refractivity contribution in [3.63, 3.8) is 0 Å². The molecule has 10 aromatic rings. The Kier molecular flexibility index (Phi) is 7.85. The zero-order valence-corrected chi connectivity index (χ0v) is 29.6. The largest absolute Gasteiger partial charge is 0.455 e. The van der Waals surface area contributed by atoms with Crippen LogP contribution in [0, 0.1) is 0 Å².